The number of pyridine rings is 1. The predicted molar refractivity (Wildman–Crippen MR) is 96.2 cm³/mol. The van der Waals surface area contributed by atoms with E-state index in [0.717, 1.165) is 16.3 Å². The molecule has 0 spiro atoms. The first-order chi connectivity index (χ1) is 12.3. The first kappa shape index (κ1) is 16.9. The van der Waals surface area contributed by atoms with Crippen LogP contribution >= 0.6 is 0 Å². The van der Waals surface area contributed by atoms with Crippen molar-refractivity contribution in [1.29, 1.82) is 0 Å². The van der Waals surface area contributed by atoms with Gasteiger partial charge in [0.1, 0.15) is 5.75 Å². The van der Waals surface area contributed by atoms with Gasteiger partial charge in [-0.1, -0.05) is 36.4 Å². The van der Waals surface area contributed by atoms with Crippen LogP contribution in [0.3, 0.4) is 0 Å². The summed E-state index contributed by atoms with van der Waals surface area (Å²) in [6.45, 7) is 0.490. The molecule has 5 heteroatoms. The van der Waals surface area contributed by atoms with Crippen molar-refractivity contribution in [3.8, 4) is 5.75 Å². The van der Waals surface area contributed by atoms with Gasteiger partial charge in [-0.3, -0.25) is 9.78 Å². The smallest absolute Gasteiger partial charge is 0.260 e. The SMILES string of the molecule is O=C(COc1ccc2ccccc2c1)N(CCO)Cc1cccnc1. The van der Waals surface area contributed by atoms with Crippen LogP contribution in [-0.2, 0) is 11.3 Å². The summed E-state index contributed by atoms with van der Waals surface area (Å²) >= 11 is 0. The Labute approximate surface area is 146 Å². The highest BCUT2D eigenvalue weighted by Gasteiger charge is 2.14. The Bertz CT molecular complexity index is 836. The zero-order chi connectivity index (χ0) is 17.5. The number of hydrogen-bond donors (Lipinski definition) is 1. The van der Waals surface area contributed by atoms with E-state index >= 15 is 0 Å². The molecule has 0 radical (unpaired) electrons. The van der Waals surface area contributed by atoms with Crippen LogP contribution in [0, 0.1) is 0 Å². The molecule has 2 aromatic carbocycles. The Morgan fingerprint density at radius 2 is 1.92 bits per heavy atom. The molecule has 0 aliphatic carbocycles. The average molecular weight is 336 g/mol. The molecule has 1 aromatic heterocycles. The lowest BCUT2D eigenvalue weighted by Gasteiger charge is -2.22. The summed E-state index contributed by atoms with van der Waals surface area (Å²) in [7, 11) is 0. The van der Waals surface area contributed by atoms with Gasteiger partial charge in [0.05, 0.1) is 6.61 Å². The van der Waals surface area contributed by atoms with Gasteiger partial charge in [0, 0.05) is 25.5 Å². The normalized spacial score (nSPS) is 10.6. The van der Waals surface area contributed by atoms with E-state index in [-0.39, 0.29) is 25.7 Å². The molecule has 0 bridgehead atoms. The molecule has 3 aromatic rings. The number of hydrogen-bond acceptors (Lipinski definition) is 4. The molecule has 0 saturated heterocycles. The number of aromatic nitrogens is 1. The quantitative estimate of drug-likeness (QED) is 0.720. The second kappa shape index (κ2) is 8.26. The van der Waals surface area contributed by atoms with E-state index in [1.165, 1.54) is 0 Å². The number of fused-ring (bicyclic) bond motifs is 1. The Balaban J connectivity index is 1.63. The molecule has 3 rings (SSSR count). The molecule has 128 valence electrons. The van der Waals surface area contributed by atoms with E-state index < -0.39 is 0 Å². The fraction of sp³-hybridized carbons (Fsp3) is 0.200. The van der Waals surface area contributed by atoms with Gasteiger partial charge in [0.25, 0.3) is 5.91 Å². The fourth-order valence-electron chi connectivity index (χ4n) is 2.62. The van der Waals surface area contributed by atoms with Crippen molar-refractivity contribution in [3.05, 3.63) is 72.6 Å². The summed E-state index contributed by atoms with van der Waals surface area (Å²) < 4.78 is 5.65. The maximum absolute atomic E-state index is 12.4. The van der Waals surface area contributed by atoms with Crippen LogP contribution in [-0.4, -0.2) is 40.7 Å². The lowest BCUT2D eigenvalue weighted by atomic mass is 10.1. The van der Waals surface area contributed by atoms with Gasteiger partial charge < -0.3 is 14.7 Å². The molecule has 25 heavy (non-hydrogen) atoms. The molecule has 0 aliphatic heterocycles. The third-order valence-corrected chi connectivity index (χ3v) is 3.90. The Kier molecular flexibility index (Phi) is 5.59. The van der Waals surface area contributed by atoms with Gasteiger partial charge >= 0.3 is 0 Å². The summed E-state index contributed by atoms with van der Waals surface area (Å²) in [6.07, 6.45) is 3.40. The monoisotopic (exact) mass is 336 g/mol. The minimum Gasteiger partial charge on any atom is -0.484 e. The highest BCUT2D eigenvalue weighted by molar-refractivity contribution is 5.84. The van der Waals surface area contributed by atoms with Crippen molar-refractivity contribution in [2.75, 3.05) is 19.8 Å². The number of amides is 1. The number of benzene rings is 2. The zero-order valence-corrected chi connectivity index (χ0v) is 13.8. The molecule has 0 fully saturated rings. The second-order valence-corrected chi connectivity index (χ2v) is 5.70. The van der Waals surface area contributed by atoms with Gasteiger partial charge in [-0.2, -0.15) is 0 Å². The number of nitrogens with zero attached hydrogens (tertiary/aromatic N) is 2. The predicted octanol–water partition coefficient (Wildman–Crippen LogP) is 2.63. The molecule has 0 saturated carbocycles. The van der Waals surface area contributed by atoms with Gasteiger partial charge in [-0.05, 0) is 34.5 Å². The van der Waals surface area contributed by atoms with Crippen LogP contribution in [0.15, 0.2) is 67.0 Å². The summed E-state index contributed by atoms with van der Waals surface area (Å²) in [5, 5.41) is 11.4. The highest BCUT2D eigenvalue weighted by atomic mass is 16.5. The number of carbonyl (C=O) groups excluding carboxylic acids is 1. The molecule has 1 heterocycles. The Morgan fingerprint density at radius 3 is 2.68 bits per heavy atom. The van der Waals surface area contributed by atoms with E-state index in [0.29, 0.717) is 12.3 Å². The van der Waals surface area contributed by atoms with Crippen LogP contribution < -0.4 is 4.74 Å². The van der Waals surface area contributed by atoms with E-state index in [1.807, 2.05) is 54.6 Å². The number of aliphatic hydroxyl groups excluding tert-OH is 1. The van der Waals surface area contributed by atoms with E-state index in [1.54, 1.807) is 17.3 Å². The molecule has 0 aliphatic rings. The first-order valence-electron chi connectivity index (χ1n) is 8.15. The zero-order valence-electron chi connectivity index (χ0n) is 13.8. The first-order valence-corrected chi connectivity index (χ1v) is 8.15. The minimum absolute atomic E-state index is 0.0708. The van der Waals surface area contributed by atoms with Crippen molar-refractivity contribution in [1.82, 2.24) is 9.88 Å². The van der Waals surface area contributed by atoms with Crippen LogP contribution in [0.5, 0.6) is 5.75 Å². The van der Waals surface area contributed by atoms with Crippen LogP contribution in [0.4, 0.5) is 0 Å². The molecule has 1 N–H and O–H groups in total. The van der Waals surface area contributed by atoms with Gasteiger partial charge in [-0.15, -0.1) is 0 Å². The van der Waals surface area contributed by atoms with E-state index in [9.17, 15) is 9.90 Å². The Hall–Kier alpha value is -2.92. The molecule has 0 atom stereocenters. The molecule has 0 unspecified atom stereocenters. The van der Waals surface area contributed by atoms with Crippen molar-refractivity contribution in [2.24, 2.45) is 0 Å². The largest absolute Gasteiger partial charge is 0.484 e. The minimum atomic E-state index is -0.175. The average Bonchev–Trinajstić information content (AvgIpc) is 2.66. The summed E-state index contributed by atoms with van der Waals surface area (Å²) in [6, 6.07) is 17.4. The number of aliphatic hydroxyl groups is 1. The summed E-state index contributed by atoms with van der Waals surface area (Å²) in [4.78, 5) is 18.1. The molecular weight excluding hydrogens is 316 g/mol. The van der Waals surface area contributed by atoms with E-state index in [4.69, 9.17) is 4.74 Å². The van der Waals surface area contributed by atoms with Crippen LogP contribution in [0.1, 0.15) is 5.56 Å². The van der Waals surface area contributed by atoms with Crippen molar-refractivity contribution < 1.29 is 14.6 Å². The molecular formula is C20H20N2O3. The van der Waals surface area contributed by atoms with Crippen molar-refractivity contribution in [3.63, 3.8) is 0 Å². The van der Waals surface area contributed by atoms with Gasteiger partial charge in [0.2, 0.25) is 0 Å². The lowest BCUT2D eigenvalue weighted by molar-refractivity contribution is -0.134. The summed E-state index contributed by atoms with van der Waals surface area (Å²) in [5.41, 5.74) is 0.912. The van der Waals surface area contributed by atoms with Crippen molar-refractivity contribution >= 4 is 16.7 Å². The standard InChI is InChI=1S/C20H20N2O3/c23-11-10-22(14-16-4-3-9-21-13-16)20(24)15-25-19-8-7-17-5-1-2-6-18(17)12-19/h1-9,12-13,23H,10-11,14-15H2. The maximum atomic E-state index is 12.4. The second-order valence-electron chi connectivity index (χ2n) is 5.70. The van der Waals surface area contributed by atoms with E-state index in [2.05, 4.69) is 4.98 Å². The molecule has 5 nitrogen and oxygen atoms in total. The van der Waals surface area contributed by atoms with Crippen molar-refractivity contribution in [2.45, 2.75) is 6.54 Å². The fourth-order valence-corrected chi connectivity index (χ4v) is 2.62. The third-order valence-electron chi connectivity index (χ3n) is 3.90. The van der Waals surface area contributed by atoms with Gasteiger partial charge in [-0.25, -0.2) is 0 Å². The topological polar surface area (TPSA) is 62.7 Å². The lowest BCUT2D eigenvalue weighted by Crippen LogP contribution is -2.36. The van der Waals surface area contributed by atoms with Gasteiger partial charge in [0.15, 0.2) is 6.61 Å². The maximum Gasteiger partial charge on any atom is 0.260 e. The van der Waals surface area contributed by atoms with Crippen LogP contribution in [0.2, 0.25) is 0 Å². The summed E-state index contributed by atoms with van der Waals surface area (Å²) in [5.74, 6) is 0.475. The van der Waals surface area contributed by atoms with Crippen LogP contribution in [0.25, 0.3) is 10.8 Å². The number of ether oxygens (including phenoxy) is 1. The molecule has 1 amide bonds. The Morgan fingerprint density at radius 1 is 1.08 bits per heavy atom. The highest BCUT2D eigenvalue weighted by Crippen LogP contribution is 2.20. The number of rotatable bonds is 7. The third kappa shape index (κ3) is 4.55. The number of carbonyl (C=O) groups is 1.